The first-order chi connectivity index (χ1) is 17.0. The van der Waals surface area contributed by atoms with Crippen LogP contribution in [0.3, 0.4) is 0 Å². The molecule has 1 fully saturated rings. The number of nitrogens with zero attached hydrogens (tertiary/aromatic N) is 4. The lowest BCUT2D eigenvalue weighted by Gasteiger charge is -2.25. The van der Waals surface area contributed by atoms with E-state index in [1.54, 1.807) is 6.07 Å². The van der Waals surface area contributed by atoms with Gasteiger partial charge in [-0.25, -0.2) is 4.98 Å². The maximum atomic E-state index is 11.9. The highest BCUT2D eigenvalue weighted by molar-refractivity contribution is 6.32. The highest BCUT2D eigenvalue weighted by atomic mass is 35.5. The summed E-state index contributed by atoms with van der Waals surface area (Å²) >= 11 is 6.34. The highest BCUT2D eigenvalue weighted by Gasteiger charge is 2.24. The minimum absolute atomic E-state index is 0.0678. The Morgan fingerprint density at radius 2 is 2.11 bits per heavy atom. The summed E-state index contributed by atoms with van der Waals surface area (Å²) in [5, 5.41) is 25.9. The Hall–Kier alpha value is -3.93. The van der Waals surface area contributed by atoms with Crippen molar-refractivity contribution in [2.24, 2.45) is 0 Å². The van der Waals surface area contributed by atoms with E-state index in [0.29, 0.717) is 27.8 Å². The third-order valence-electron chi connectivity index (χ3n) is 5.90. The molecule has 3 N–H and O–H groups in total. The normalized spacial score (nSPS) is 14.9. The Kier molecular flexibility index (Phi) is 7.60. The number of benzene rings is 2. The number of carbonyl (C=O) groups excluding carboxylic acids is 1. The molecule has 178 valence electrons. The number of rotatable bonds is 9. The van der Waals surface area contributed by atoms with Crippen molar-refractivity contribution in [1.29, 1.82) is 5.26 Å². The Labute approximate surface area is 208 Å². The van der Waals surface area contributed by atoms with Crippen LogP contribution in [0.15, 0.2) is 61.3 Å². The van der Waals surface area contributed by atoms with Gasteiger partial charge in [0.2, 0.25) is 5.95 Å². The number of aliphatic hydroxyl groups is 1. The first-order valence-electron chi connectivity index (χ1n) is 11.2. The van der Waals surface area contributed by atoms with E-state index in [0.717, 1.165) is 30.6 Å². The SMILES string of the molecule is C=CC(=O)Cc1ccccc1Nc1nc(Nc2ccc(N3CCC[C@H]3CO)cc2C#N)ncc1Cl. The van der Waals surface area contributed by atoms with E-state index in [1.807, 2.05) is 36.4 Å². The largest absolute Gasteiger partial charge is 0.394 e. The number of nitrogens with one attached hydrogen (secondary N) is 2. The number of carbonyl (C=O) groups is 1. The fourth-order valence-electron chi connectivity index (χ4n) is 4.10. The molecule has 1 atom stereocenters. The van der Waals surface area contributed by atoms with Gasteiger partial charge in [0, 0.05) is 24.3 Å². The van der Waals surface area contributed by atoms with Crippen molar-refractivity contribution in [2.75, 3.05) is 28.7 Å². The van der Waals surface area contributed by atoms with Crippen molar-refractivity contribution in [2.45, 2.75) is 25.3 Å². The monoisotopic (exact) mass is 488 g/mol. The van der Waals surface area contributed by atoms with Crippen LogP contribution in [0.1, 0.15) is 24.0 Å². The highest BCUT2D eigenvalue weighted by Crippen LogP contribution is 2.31. The number of ketones is 1. The molecule has 0 amide bonds. The molecule has 0 saturated carbocycles. The predicted octanol–water partition coefficient (Wildman–Crippen LogP) is 4.75. The molecule has 4 rings (SSSR count). The van der Waals surface area contributed by atoms with Crippen LogP contribution in [0, 0.1) is 11.3 Å². The number of anilines is 5. The van der Waals surface area contributed by atoms with Gasteiger partial charge in [-0.1, -0.05) is 36.4 Å². The summed E-state index contributed by atoms with van der Waals surface area (Å²) in [6.45, 7) is 4.46. The lowest BCUT2D eigenvalue weighted by Crippen LogP contribution is -2.32. The van der Waals surface area contributed by atoms with Crippen molar-refractivity contribution in [3.63, 3.8) is 0 Å². The third-order valence-corrected chi connectivity index (χ3v) is 6.17. The van der Waals surface area contributed by atoms with Gasteiger partial charge in [-0.2, -0.15) is 10.2 Å². The van der Waals surface area contributed by atoms with Crippen molar-refractivity contribution in [3.8, 4) is 6.07 Å². The molecule has 2 heterocycles. The van der Waals surface area contributed by atoms with Crippen LogP contribution in [0.25, 0.3) is 0 Å². The zero-order valence-electron chi connectivity index (χ0n) is 19.0. The molecule has 1 saturated heterocycles. The van der Waals surface area contributed by atoms with E-state index >= 15 is 0 Å². The fourth-order valence-corrected chi connectivity index (χ4v) is 4.24. The zero-order valence-corrected chi connectivity index (χ0v) is 19.8. The smallest absolute Gasteiger partial charge is 0.229 e. The van der Waals surface area contributed by atoms with Crippen molar-refractivity contribution < 1.29 is 9.90 Å². The van der Waals surface area contributed by atoms with Crippen LogP contribution >= 0.6 is 11.6 Å². The summed E-state index contributed by atoms with van der Waals surface area (Å²) in [6, 6.07) is 15.2. The first kappa shape index (κ1) is 24.2. The Balaban J connectivity index is 1.57. The molecule has 0 radical (unpaired) electrons. The molecule has 2 aromatic carbocycles. The summed E-state index contributed by atoms with van der Waals surface area (Å²) in [4.78, 5) is 22.7. The van der Waals surface area contributed by atoms with Crippen LogP contribution in [-0.4, -0.2) is 40.1 Å². The van der Waals surface area contributed by atoms with Gasteiger partial charge in [0.15, 0.2) is 11.6 Å². The minimum Gasteiger partial charge on any atom is -0.394 e. The quantitative estimate of drug-likeness (QED) is 0.370. The van der Waals surface area contributed by atoms with Crippen LogP contribution in [0.4, 0.5) is 28.8 Å². The molecular weight excluding hydrogens is 464 g/mol. The molecule has 0 aliphatic carbocycles. The second-order valence-electron chi connectivity index (χ2n) is 8.16. The Bertz CT molecular complexity index is 1290. The van der Waals surface area contributed by atoms with Crippen molar-refractivity contribution >= 4 is 46.2 Å². The number of para-hydroxylation sites is 1. The number of hydrogen-bond donors (Lipinski definition) is 3. The standard InChI is InChI=1S/C26H25ClN6O2/c1-2-21(35)13-17-6-3-4-8-23(17)30-25-22(27)15-29-26(32-25)31-24-10-9-19(12-18(24)14-28)33-11-5-7-20(33)16-34/h2-4,6,8-10,12,15,20,34H,1,5,7,11,13,16H2,(H2,29,30,31,32)/t20-/m0/s1. The molecule has 35 heavy (non-hydrogen) atoms. The number of allylic oxidation sites excluding steroid dienone is 1. The van der Waals surface area contributed by atoms with Crippen LogP contribution in [0.2, 0.25) is 5.02 Å². The molecule has 0 bridgehead atoms. The molecule has 9 heteroatoms. The van der Waals surface area contributed by atoms with Crippen molar-refractivity contribution in [1.82, 2.24) is 9.97 Å². The first-order valence-corrected chi connectivity index (χ1v) is 11.6. The molecule has 1 aliphatic heterocycles. The van der Waals surface area contributed by atoms with Gasteiger partial charge in [-0.15, -0.1) is 0 Å². The molecule has 0 spiro atoms. The third kappa shape index (κ3) is 5.60. The second kappa shape index (κ2) is 11.0. The number of aliphatic hydroxyl groups excluding tert-OH is 1. The summed E-state index contributed by atoms with van der Waals surface area (Å²) < 4.78 is 0. The van der Waals surface area contributed by atoms with E-state index in [9.17, 15) is 15.2 Å². The summed E-state index contributed by atoms with van der Waals surface area (Å²) in [7, 11) is 0. The number of hydrogen-bond acceptors (Lipinski definition) is 8. The topological polar surface area (TPSA) is 114 Å². The fraction of sp³-hybridized carbons (Fsp3) is 0.231. The van der Waals surface area contributed by atoms with E-state index in [-0.39, 0.29) is 30.8 Å². The molecule has 3 aromatic rings. The summed E-state index contributed by atoms with van der Waals surface area (Å²) in [6.07, 6.45) is 4.89. The Morgan fingerprint density at radius 3 is 2.89 bits per heavy atom. The van der Waals surface area contributed by atoms with Gasteiger partial charge in [-0.05, 0) is 48.7 Å². The van der Waals surface area contributed by atoms with Gasteiger partial charge in [0.1, 0.15) is 11.1 Å². The van der Waals surface area contributed by atoms with Crippen molar-refractivity contribution in [3.05, 3.63) is 77.5 Å². The predicted molar refractivity (Wildman–Crippen MR) is 138 cm³/mol. The zero-order chi connectivity index (χ0) is 24.8. The second-order valence-corrected chi connectivity index (χ2v) is 8.57. The summed E-state index contributed by atoms with van der Waals surface area (Å²) in [5.74, 6) is 0.526. The average Bonchev–Trinajstić information content (AvgIpc) is 3.36. The van der Waals surface area contributed by atoms with Gasteiger partial charge in [-0.3, -0.25) is 4.79 Å². The number of aromatic nitrogens is 2. The minimum atomic E-state index is -0.0953. The van der Waals surface area contributed by atoms with E-state index in [4.69, 9.17) is 11.6 Å². The van der Waals surface area contributed by atoms with E-state index in [2.05, 4.69) is 38.1 Å². The number of nitriles is 1. The van der Waals surface area contributed by atoms with Gasteiger partial charge < -0.3 is 20.6 Å². The maximum Gasteiger partial charge on any atom is 0.229 e. The number of halogens is 1. The van der Waals surface area contributed by atoms with Gasteiger partial charge in [0.25, 0.3) is 0 Å². The van der Waals surface area contributed by atoms with Crippen LogP contribution in [0.5, 0.6) is 0 Å². The lowest BCUT2D eigenvalue weighted by molar-refractivity contribution is -0.114. The lowest BCUT2D eigenvalue weighted by atomic mass is 10.1. The average molecular weight is 489 g/mol. The van der Waals surface area contributed by atoms with Gasteiger partial charge in [0.05, 0.1) is 30.1 Å². The molecule has 1 aliphatic rings. The molecule has 8 nitrogen and oxygen atoms in total. The molecular formula is C26H25ClN6O2. The van der Waals surface area contributed by atoms with E-state index in [1.165, 1.54) is 12.3 Å². The summed E-state index contributed by atoms with van der Waals surface area (Å²) in [5.41, 5.74) is 3.37. The molecule has 0 unspecified atom stereocenters. The van der Waals surface area contributed by atoms with Crippen LogP contribution in [-0.2, 0) is 11.2 Å². The Morgan fingerprint density at radius 1 is 1.29 bits per heavy atom. The molecule has 1 aromatic heterocycles. The van der Waals surface area contributed by atoms with Gasteiger partial charge >= 0.3 is 0 Å². The van der Waals surface area contributed by atoms with E-state index < -0.39 is 0 Å². The van der Waals surface area contributed by atoms with Crippen LogP contribution < -0.4 is 15.5 Å². The maximum absolute atomic E-state index is 11.9.